The number of phenolic OH excluding ortho intramolecular Hbond substituents is 2. The monoisotopic (exact) mass is 2070 g/mol. The predicted molar refractivity (Wildman–Crippen MR) is 618 cm³/mol. The third kappa shape index (κ3) is 22.1. The van der Waals surface area contributed by atoms with Crippen molar-refractivity contribution in [3.8, 4) is 23.0 Å². The van der Waals surface area contributed by atoms with Crippen LogP contribution in [-0.2, 0) is 32.5 Å². The van der Waals surface area contributed by atoms with Gasteiger partial charge in [0.1, 0.15) is 23.0 Å². The number of benzene rings is 18. The standard InChI is InChI=1S/C20H18O2S2.C20H16OS2.C20H18S4.C20H16S3.2C20H18S2/c1-20(13-5-3-2-4-6-13,16-9-7-14(21)11-18(16)23)17-10-8-15(22)12-19(17)24;1-20(13-5-3-2-4-6-13)16-9-7-14(22)11-18(16)21-19-12-15(23)8-10-17(19)20;1-20(13-5-3-2-4-6-13,16-9-7-14(21)11-18(16)23)17-10-8-15(22)12-19(17)24;1-20(13-5-3-2-4-6-13)16-9-7-14(21)11-18(16)23-19-12-15(22)8-10-17(19)20;1-20(15-9-3-2-4-10-15,16-11-5-7-13-18(16)21)17-12-6-8-14-19(17)22;1-20(15-5-3-2-4-6-15,16-7-11-18(21)12-8-16)17-9-13-19(22)14-10-17/h2-12,21-24H,1H3;2-12,22-23H,1H3;2-12,21-24H,1H3;2-12,21-22H,1H3;2*2-14,21-22H,1H3. The molecule has 0 aromatic heterocycles. The molecule has 0 spiro atoms. The van der Waals surface area contributed by atoms with Gasteiger partial charge in [0, 0.05) is 122 Å². The van der Waals surface area contributed by atoms with Gasteiger partial charge in [-0.25, -0.2) is 0 Å². The lowest BCUT2D eigenvalue weighted by Crippen LogP contribution is -2.29. The zero-order valence-electron chi connectivity index (χ0n) is 76.4. The maximum atomic E-state index is 9.74. The second-order valence-corrected chi connectivity index (χ2v) is 42.9. The summed E-state index contributed by atoms with van der Waals surface area (Å²) in [4.78, 5) is 15.3. The molecule has 0 aliphatic carbocycles. The molecule has 18 heteroatoms. The number of rotatable bonds is 14. The molecule has 0 atom stereocenters. The van der Waals surface area contributed by atoms with Crippen molar-refractivity contribution in [2.45, 2.75) is 152 Å². The topological polar surface area (TPSA) is 49.7 Å². The maximum Gasteiger partial charge on any atom is 0.132 e. The zero-order chi connectivity index (χ0) is 97.9. The average Bonchev–Trinajstić information content (AvgIpc) is 0.723. The van der Waals surface area contributed by atoms with Crippen LogP contribution in [0.25, 0.3) is 0 Å². The summed E-state index contributed by atoms with van der Waals surface area (Å²) in [6.07, 6.45) is 0. The lowest BCUT2D eigenvalue weighted by atomic mass is 9.69. The van der Waals surface area contributed by atoms with E-state index in [0.29, 0.717) is 9.79 Å². The Morgan fingerprint density at radius 1 is 0.210 bits per heavy atom. The highest BCUT2D eigenvalue weighted by Crippen LogP contribution is 2.56. The molecule has 0 saturated heterocycles. The van der Waals surface area contributed by atoms with Crippen molar-refractivity contribution in [3.63, 3.8) is 0 Å². The molecule has 2 N–H and O–H groups in total. The fraction of sp³-hybridized carbons (Fsp3) is 0.100. The Kier molecular flexibility index (Phi) is 33.8. The number of aromatic hydroxyl groups is 2. The highest BCUT2D eigenvalue weighted by atomic mass is 32.2. The van der Waals surface area contributed by atoms with E-state index in [9.17, 15) is 10.2 Å². The van der Waals surface area contributed by atoms with Crippen LogP contribution in [0.2, 0.25) is 0 Å². The summed E-state index contributed by atoms with van der Waals surface area (Å²) in [7, 11) is 0. The van der Waals surface area contributed by atoms with Crippen molar-refractivity contribution in [3.05, 3.63) is 525 Å². The fourth-order valence-corrected chi connectivity index (χ4v) is 24.6. The Morgan fingerprint density at radius 3 is 0.754 bits per heavy atom. The summed E-state index contributed by atoms with van der Waals surface area (Å²) in [5, 5.41) is 19.5. The third-order valence-electron chi connectivity index (χ3n) is 26.4. The van der Waals surface area contributed by atoms with Crippen molar-refractivity contribution in [1.82, 2.24) is 0 Å². The first kappa shape index (κ1) is 103. The molecule has 0 unspecified atom stereocenters. The summed E-state index contributed by atoms with van der Waals surface area (Å²) in [5.74, 6) is 2.07. The summed E-state index contributed by atoms with van der Waals surface area (Å²) in [5.41, 5.74) is 19.5. The van der Waals surface area contributed by atoms with E-state index in [2.05, 4.69) is 423 Å². The normalized spacial score (nSPS) is 12.6. The van der Waals surface area contributed by atoms with Gasteiger partial charge in [0.15, 0.2) is 0 Å². The molecule has 0 bridgehead atoms. The smallest absolute Gasteiger partial charge is 0.132 e. The Bertz CT molecular complexity index is 6700. The Morgan fingerprint density at radius 2 is 0.442 bits per heavy atom. The highest BCUT2D eigenvalue weighted by Gasteiger charge is 2.43. The molecule has 0 amide bonds. The van der Waals surface area contributed by atoms with Crippen molar-refractivity contribution >= 4 is 189 Å². The second-order valence-electron chi connectivity index (χ2n) is 34.8. The molecular weight excluding hydrogens is 1970 g/mol. The van der Waals surface area contributed by atoms with E-state index in [1.165, 1.54) is 71.0 Å². The molecule has 0 radical (unpaired) electrons. The molecule has 20 rings (SSSR count). The van der Waals surface area contributed by atoms with Crippen LogP contribution < -0.4 is 4.74 Å². The molecule has 2 aliphatic rings. The molecular formula is C120H104O3S15. The van der Waals surface area contributed by atoms with Gasteiger partial charge in [-0.05, 0) is 264 Å². The Balaban J connectivity index is 0.000000126. The fourth-order valence-electron chi connectivity index (χ4n) is 18.8. The van der Waals surface area contributed by atoms with E-state index >= 15 is 0 Å². The first-order valence-corrected chi connectivity index (χ1v) is 51.6. The average molecular weight is 2080 g/mol. The van der Waals surface area contributed by atoms with Gasteiger partial charge in [0.2, 0.25) is 0 Å². The minimum absolute atomic E-state index is 0.167. The SMILES string of the molecule is CC(c1ccccc1)(c1ccc(O)cc1S)c1ccc(O)cc1S.CC(c1ccccc1)(c1ccc(S)cc1)c1ccc(S)cc1.CC(c1ccccc1)(c1ccc(S)cc1S)c1ccc(S)cc1S.CC(c1ccccc1)(c1ccccc1S)c1ccccc1S.CC1(c2ccccc2)c2ccc(S)cc2Oc2cc(S)ccc21.CC1(c2ccccc2)c2ccc(S)cc2Sc2cc(S)ccc21. The lowest BCUT2D eigenvalue weighted by Gasteiger charge is -2.38. The molecule has 3 nitrogen and oxygen atoms in total. The molecule has 0 fully saturated rings. The number of ether oxygens (including phenoxy) is 1. The van der Waals surface area contributed by atoms with E-state index in [4.69, 9.17) is 55.3 Å². The van der Waals surface area contributed by atoms with Crippen molar-refractivity contribution < 1.29 is 14.9 Å². The van der Waals surface area contributed by atoms with E-state index in [1.54, 1.807) is 24.3 Å². The Labute approximate surface area is 894 Å². The van der Waals surface area contributed by atoms with Crippen LogP contribution in [0.5, 0.6) is 23.0 Å². The van der Waals surface area contributed by atoms with E-state index in [0.717, 1.165) is 109 Å². The molecule has 2 heterocycles. The van der Waals surface area contributed by atoms with Gasteiger partial charge in [-0.15, -0.1) is 177 Å². The molecule has 2 aliphatic heterocycles. The molecule has 692 valence electrons. The summed E-state index contributed by atoms with van der Waals surface area (Å²) in [6, 6.07) is 144. The minimum Gasteiger partial charge on any atom is -0.508 e. The number of fused-ring (bicyclic) bond motifs is 4. The molecule has 18 aromatic rings. The highest BCUT2D eigenvalue weighted by molar-refractivity contribution is 7.99. The van der Waals surface area contributed by atoms with E-state index in [-0.39, 0.29) is 38.6 Å². The van der Waals surface area contributed by atoms with Crippen LogP contribution in [0.4, 0.5) is 0 Å². The lowest BCUT2D eigenvalue weighted by molar-refractivity contribution is 0.424. The third-order valence-corrected chi connectivity index (χ3v) is 32.1. The van der Waals surface area contributed by atoms with E-state index < -0.39 is 5.41 Å². The summed E-state index contributed by atoms with van der Waals surface area (Å²) < 4.78 is 6.16. The maximum absolute atomic E-state index is 9.74. The van der Waals surface area contributed by atoms with Gasteiger partial charge in [-0.1, -0.05) is 303 Å². The predicted octanol–water partition coefficient (Wildman–Crippen LogP) is 34.3. The van der Waals surface area contributed by atoms with Crippen LogP contribution in [0, 0.1) is 0 Å². The van der Waals surface area contributed by atoms with Gasteiger partial charge in [-0.3, -0.25) is 0 Å². The molecule has 0 saturated carbocycles. The number of thiol groups is 14. The largest absolute Gasteiger partial charge is 0.508 e. The van der Waals surface area contributed by atoms with E-state index in [1.807, 2.05) is 157 Å². The first-order chi connectivity index (χ1) is 66.3. The van der Waals surface area contributed by atoms with Crippen LogP contribution >= 0.6 is 189 Å². The molecule has 138 heavy (non-hydrogen) atoms. The molecule has 18 aromatic carbocycles. The summed E-state index contributed by atoms with van der Waals surface area (Å²) >= 11 is 65.5. The van der Waals surface area contributed by atoms with Crippen LogP contribution in [0.1, 0.15) is 142 Å². The number of phenols is 2. The van der Waals surface area contributed by atoms with Crippen molar-refractivity contribution in [2.75, 3.05) is 0 Å². The van der Waals surface area contributed by atoms with Crippen LogP contribution in [-0.4, -0.2) is 10.2 Å². The second kappa shape index (κ2) is 45.3. The first-order valence-electron chi connectivity index (χ1n) is 44.6. The minimum atomic E-state index is -0.531. The van der Waals surface area contributed by atoms with Gasteiger partial charge in [0.25, 0.3) is 0 Å². The summed E-state index contributed by atoms with van der Waals surface area (Å²) in [6.45, 7) is 13.4. The van der Waals surface area contributed by atoms with Crippen molar-refractivity contribution in [1.29, 1.82) is 0 Å². The van der Waals surface area contributed by atoms with Crippen LogP contribution in [0.15, 0.2) is 503 Å². The quantitative estimate of drug-likeness (QED) is 0.0396. The zero-order valence-corrected chi connectivity index (χ0v) is 89.7. The van der Waals surface area contributed by atoms with Gasteiger partial charge >= 0.3 is 0 Å². The van der Waals surface area contributed by atoms with Crippen molar-refractivity contribution in [2.24, 2.45) is 0 Å². The number of hydrogen-bond acceptors (Lipinski definition) is 18. The van der Waals surface area contributed by atoms with Gasteiger partial charge in [0.05, 0.1) is 0 Å². The Hall–Kier alpha value is -9.39. The van der Waals surface area contributed by atoms with Gasteiger partial charge < -0.3 is 14.9 Å². The van der Waals surface area contributed by atoms with Gasteiger partial charge in [-0.2, -0.15) is 0 Å². The number of hydrogen-bond donors (Lipinski definition) is 16. The van der Waals surface area contributed by atoms with Crippen LogP contribution in [0.3, 0.4) is 0 Å².